The molecule has 0 aliphatic carbocycles. The molecule has 1 amide bonds. The normalized spacial score (nSPS) is 17.4. The lowest BCUT2D eigenvalue weighted by atomic mass is 9.86. The first-order chi connectivity index (χ1) is 18.5. The largest absolute Gasteiger partial charge is 0.435 e. The van der Waals surface area contributed by atoms with E-state index >= 15 is 0 Å². The van der Waals surface area contributed by atoms with Crippen molar-refractivity contribution in [3.63, 3.8) is 0 Å². The second kappa shape index (κ2) is 10.7. The van der Waals surface area contributed by atoms with Gasteiger partial charge in [0.05, 0.1) is 21.3 Å². The van der Waals surface area contributed by atoms with E-state index < -0.39 is 63.8 Å². The summed E-state index contributed by atoms with van der Waals surface area (Å²) in [5.74, 6) is -1.83. The van der Waals surface area contributed by atoms with Crippen molar-refractivity contribution in [1.29, 1.82) is 0 Å². The van der Waals surface area contributed by atoms with E-state index in [0.29, 0.717) is 11.6 Å². The van der Waals surface area contributed by atoms with Crippen LogP contribution in [-0.4, -0.2) is 22.8 Å². The summed E-state index contributed by atoms with van der Waals surface area (Å²) in [5, 5.41) is 4.34. The van der Waals surface area contributed by atoms with Gasteiger partial charge in [0.25, 0.3) is 11.5 Å². The van der Waals surface area contributed by atoms with Gasteiger partial charge in [0, 0.05) is 35.9 Å². The fourth-order valence-corrected chi connectivity index (χ4v) is 4.72. The smallest absolute Gasteiger partial charge is 0.374 e. The summed E-state index contributed by atoms with van der Waals surface area (Å²) in [7, 11) is 0. The summed E-state index contributed by atoms with van der Waals surface area (Å²) in [5.41, 5.74) is -4.55. The van der Waals surface area contributed by atoms with Crippen LogP contribution in [0.4, 0.5) is 30.7 Å². The van der Waals surface area contributed by atoms with E-state index in [2.05, 4.69) is 15.5 Å². The average molecular weight is 629 g/mol. The molecule has 40 heavy (non-hydrogen) atoms. The summed E-state index contributed by atoms with van der Waals surface area (Å²) in [6.07, 6.45) is -9.66. The number of carbonyl (C=O) groups is 1. The number of nitrogens with one attached hydrogen (secondary N) is 1. The number of amides is 1. The minimum absolute atomic E-state index is 0.0536. The molecule has 2 aromatic carbocycles. The Hall–Kier alpha value is -3.09. The topological polar surface area (TPSA) is 63.6 Å². The molecule has 1 N–H and O–H groups in total. The maximum atomic E-state index is 14.2. The van der Waals surface area contributed by atoms with E-state index in [4.69, 9.17) is 39.6 Å². The van der Waals surface area contributed by atoms with Crippen LogP contribution in [0.5, 0.6) is 0 Å². The Morgan fingerprint density at radius 1 is 1.05 bits per heavy atom. The van der Waals surface area contributed by atoms with E-state index in [9.17, 15) is 35.5 Å². The van der Waals surface area contributed by atoms with Crippen molar-refractivity contribution < 1.29 is 40.4 Å². The molecule has 3 aromatic rings. The fourth-order valence-electron chi connectivity index (χ4n) is 4.08. The van der Waals surface area contributed by atoms with Gasteiger partial charge < -0.3 is 10.2 Å². The van der Waals surface area contributed by atoms with E-state index in [1.807, 2.05) is 0 Å². The van der Waals surface area contributed by atoms with Crippen LogP contribution in [0.25, 0.3) is 0 Å². The zero-order valence-electron chi connectivity index (χ0n) is 19.9. The maximum absolute atomic E-state index is 14.2. The predicted octanol–water partition coefficient (Wildman–Crippen LogP) is 8.02. The molecule has 1 aliphatic rings. The van der Waals surface area contributed by atoms with Crippen molar-refractivity contribution in [3.05, 3.63) is 97.0 Å². The Bertz CT molecular complexity index is 1500. The van der Waals surface area contributed by atoms with Crippen molar-refractivity contribution in [3.8, 4) is 0 Å². The van der Waals surface area contributed by atoms with Crippen LogP contribution in [-0.2, 0) is 23.2 Å². The van der Waals surface area contributed by atoms with Crippen molar-refractivity contribution in [2.24, 2.45) is 5.16 Å². The molecule has 0 fully saturated rings. The first-order valence-corrected chi connectivity index (χ1v) is 12.2. The molecular formula is C25H15Cl3F7N3O2. The molecule has 0 saturated carbocycles. The number of pyridine rings is 1. The second-order valence-electron chi connectivity index (χ2n) is 8.76. The van der Waals surface area contributed by atoms with E-state index in [0.717, 1.165) is 18.3 Å². The second-order valence-corrected chi connectivity index (χ2v) is 9.96. The van der Waals surface area contributed by atoms with Gasteiger partial charge in [0.2, 0.25) is 0 Å². The third kappa shape index (κ3) is 5.70. The van der Waals surface area contributed by atoms with Gasteiger partial charge in [-0.15, -0.1) is 0 Å². The van der Waals surface area contributed by atoms with Crippen LogP contribution in [0, 0.1) is 12.7 Å². The number of aryl methyl sites for hydroxylation is 1. The van der Waals surface area contributed by atoms with Gasteiger partial charge in [-0.1, -0.05) is 46.0 Å². The molecule has 0 spiro atoms. The standard InChI is InChI=1S/C25H15Cl3F7N3O2/c1-11-4-12(2-3-15(11)22(39)37-10-13-9-36-20(28)7-16(13)24(30,31)32)19-8-23(40-38-19,25(33,34)35)14-5-17(26)21(29)18(27)6-14/h2-7,9H,8,10H2,1H3,(H,37,39). The quantitative estimate of drug-likeness (QED) is 0.177. The monoisotopic (exact) mass is 627 g/mol. The molecule has 1 aliphatic heterocycles. The zero-order chi connectivity index (χ0) is 29.6. The van der Waals surface area contributed by atoms with Gasteiger partial charge in [-0.2, -0.15) is 26.3 Å². The molecule has 0 saturated heterocycles. The van der Waals surface area contributed by atoms with Crippen molar-refractivity contribution in [1.82, 2.24) is 10.3 Å². The minimum atomic E-state index is -5.01. The molecule has 1 aromatic heterocycles. The SMILES string of the molecule is Cc1cc(C2=NOC(c3cc(Cl)c(F)c(Cl)c3)(C(F)(F)F)C2)ccc1C(=O)NCc1cnc(Cl)cc1C(F)(F)F. The van der Waals surface area contributed by atoms with Crippen LogP contribution in [0.1, 0.15) is 44.6 Å². The van der Waals surface area contributed by atoms with E-state index in [-0.39, 0.29) is 27.6 Å². The third-order valence-electron chi connectivity index (χ3n) is 6.14. The summed E-state index contributed by atoms with van der Waals surface area (Å²) in [4.78, 5) is 21.2. The van der Waals surface area contributed by atoms with Crippen molar-refractivity contribution in [2.45, 2.75) is 37.8 Å². The molecule has 0 radical (unpaired) electrons. The number of hydrogen-bond acceptors (Lipinski definition) is 4. The summed E-state index contributed by atoms with van der Waals surface area (Å²) in [6, 6.07) is 6.13. The summed E-state index contributed by atoms with van der Waals surface area (Å²) >= 11 is 17.0. The summed E-state index contributed by atoms with van der Waals surface area (Å²) in [6.45, 7) is 0.965. The first kappa shape index (κ1) is 29.9. The average Bonchev–Trinajstić information content (AvgIpc) is 3.32. The summed E-state index contributed by atoms with van der Waals surface area (Å²) < 4.78 is 96.5. The van der Waals surface area contributed by atoms with Crippen LogP contribution in [0.15, 0.2) is 47.8 Å². The Morgan fingerprint density at radius 3 is 2.27 bits per heavy atom. The molecule has 5 nitrogen and oxygen atoms in total. The molecule has 0 bridgehead atoms. The highest BCUT2D eigenvalue weighted by atomic mass is 35.5. The fraction of sp³-hybridized carbons (Fsp3) is 0.240. The predicted molar refractivity (Wildman–Crippen MR) is 133 cm³/mol. The van der Waals surface area contributed by atoms with Crippen LogP contribution >= 0.6 is 34.8 Å². The van der Waals surface area contributed by atoms with Gasteiger partial charge in [-0.25, -0.2) is 9.37 Å². The maximum Gasteiger partial charge on any atom is 0.435 e. The number of alkyl halides is 6. The Balaban J connectivity index is 1.55. The van der Waals surface area contributed by atoms with E-state index in [1.54, 1.807) is 0 Å². The number of hydrogen-bond donors (Lipinski definition) is 1. The zero-order valence-corrected chi connectivity index (χ0v) is 22.2. The lowest BCUT2D eigenvalue weighted by Gasteiger charge is -2.29. The molecule has 212 valence electrons. The molecule has 4 rings (SSSR count). The van der Waals surface area contributed by atoms with Crippen LogP contribution in [0.3, 0.4) is 0 Å². The Labute approximate surface area is 236 Å². The lowest BCUT2D eigenvalue weighted by molar-refractivity contribution is -0.275. The van der Waals surface area contributed by atoms with Gasteiger partial charge in [-0.3, -0.25) is 4.79 Å². The van der Waals surface area contributed by atoms with Crippen molar-refractivity contribution in [2.75, 3.05) is 0 Å². The Morgan fingerprint density at radius 2 is 1.70 bits per heavy atom. The number of nitrogens with zero attached hydrogens (tertiary/aromatic N) is 2. The number of aromatic nitrogens is 1. The third-order valence-corrected chi connectivity index (χ3v) is 6.90. The van der Waals surface area contributed by atoms with Crippen molar-refractivity contribution >= 4 is 46.4 Å². The van der Waals surface area contributed by atoms with Crippen LogP contribution < -0.4 is 5.32 Å². The van der Waals surface area contributed by atoms with Gasteiger partial charge in [0.15, 0.2) is 5.82 Å². The molecule has 15 heteroatoms. The number of benzene rings is 2. The van der Waals surface area contributed by atoms with Gasteiger partial charge >= 0.3 is 12.4 Å². The Kier molecular flexibility index (Phi) is 8.00. The van der Waals surface area contributed by atoms with Crippen LogP contribution in [0.2, 0.25) is 15.2 Å². The number of rotatable bonds is 5. The van der Waals surface area contributed by atoms with Gasteiger partial charge in [-0.05, 0) is 48.4 Å². The van der Waals surface area contributed by atoms with E-state index in [1.165, 1.54) is 25.1 Å². The van der Waals surface area contributed by atoms with Gasteiger partial charge in [0.1, 0.15) is 5.15 Å². The lowest BCUT2D eigenvalue weighted by Crippen LogP contribution is -2.42. The first-order valence-electron chi connectivity index (χ1n) is 11.1. The number of halogens is 10. The molecule has 1 atom stereocenters. The highest BCUT2D eigenvalue weighted by molar-refractivity contribution is 6.35. The highest BCUT2D eigenvalue weighted by Gasteiger charge is 2.62. The minimum Gasteiger partial charge on any atom is -0.374 e. The highest BCUT2D eigenvalue weighted by Crippen LogP contribution is 2.50. The number of carbonyl (C=O) groups excluding carboxylic acids is 1. The molecule has 1 unspecified atom stereocenters. The molecule has 2 heterocycles. The number of oxime groups is 1. The molecular weight excluding hydrogens is 614 g/mol.